The largest absolute Gasteiger partial charge is 0.469 e. The molecule has 1 saturated heterocycles. The Bertz CT molecular complexity index is 469. The maximum atomic E-state index is 12.4. The van der Waals surface area contributed by atoms with Crippen LogP contribution in [0.3, 0.4) is 0 Å². The average molecular weight is 356 g/mol. The molecule has 7 heteroatoms. The fourth-order valence-electron chi connectivity index (χ4n) is 3.59. The maximum Gasteiger partial charge on any atom is 0.323 e. The molecule has 2 fully saturated rings. The number of hydrogen-bond acceptors (Lipinski definition) is 7. The third-order valence-electron chi connectivity index (χ3n) is 4.84. The molecule has 2 N–H and O–H groups in total. The van der Waals surface area contributed by atoms with Crippen molar-refractivity contribution in [3.63, 3.8) is 0 Å². The first-order valence-corrected chi connectivity index (χ1v) is 9.18. The van der Waals surface area contributed by atoms with E-state index in [1.54, 1.807) is 0 Å². The van der Waals surface area contributed by atoms with Gasteiger partial charge in [-0.05, 0) is 59.3 Å². The van der Waals surface area contributed by atoms with Crippen LogP contribution >= 0.6 is 0 Å². The van der Waals surface area contributed by atoms with Gasteiger partial charge in [0.15, 0.2) is 6.35 Å². The lowest BCUT2D eigenvalue weighted by molar-refractivity contribution is -0.170. The van der Waals surface area contributed by atoms with Crippen molar-refractivity contribution in [3.8, 4) is 0 Å². The molecule has 0 radical (unpaired) electrons. The van der Waals surface area contributed by atoms with Gasteiger partial charge in [0.2, 0.25) is 0 Å². The van der Waals surface area contributed by atoms with E-state index in [0.717, 1.165) is 45.1 Å². The standard InChI is InChI=1S/C18H32N2O5/c1-18(2,3)25-16(22)14-6-5-11-20(14)17(19)24-13-9-7-12(8-10-13)15(21)23-4/h12-14,17H,5-11,19H2,1-4H3/t12?,13?,14-,17-/m0/s1. The van der Waals surface area contributed by atoms with Crippen molar-refractivity contribution in [1.29, 1.82) is 0 Å². The fraction of sp³-hybridized carbons (Fsp3) is 0.889. The Kier molecular flexibility index (Phi) is 6.82. The number of ether oxygens (including phenoxy) is 3. The molecule has 2 aliphatic rings. The Balaban J connectivity index is 1.84. The Labute approximate surface area is 150 Å². The van der Waals surface area contributed by atoms with Gasteiger partial charge in [0.25, 0.3) is 0 Å². The van der Waals surface area contributed by atoms with Crippen LogP contribution in [0.5, 0.6) is 0 Å². The topological polar surface area (TPSA) is 91.1 Å². The molecule has 0 aromatic carbocycles. The Morgan fingerprint density at radius 2 is 1.72 bits per heavy atom. The van der Waals surface area contributed by atoms with Crippen LogP contribution in [0.25, 0.3) is 0 Å². The van der Waals surface area contributed by atoms with E-state index in [4.69, 9.17) is 19.9 Å². The van der Waals surface area contributed by atoms with Crippen LogP contribution in [0, 0.1) is 5.92 Å². The second-order valence-corrected chi connectivity index (χ2v) is 7.95. The highest BCUT2D eigenvalue weighted by molar-refractivity contribution is 5.76. The molecular formula is C18H32N2O5. The molecular weight excluding hydrogens is 324 g/mol. The molecule has 2 rings (SSSR count). The van der Waals surface area contributed by atoms with Gasteiger partial charge in [-0.2, -0.15) is 0 Å². The monoisotopic (exact) mass is 356 g/mol. The number of carbonyl (C=O) groups is 2. The minimum atomic E-state index is -0.625. The lowest BCUT2D eigenvalue weighted by Gasteiger charge is -2.35. The highest BCUT2D eigenvalue weighted by atomic mass is 16.6. The van der Waals surface area contributed by atoms with Crippen LogP contribution in [0.4, 0.5) is 0 Å². The van der Waals surface area contributed by atoms with Gasteiger partial charge in [0.1, 0.15) is 11.6 Å². The summed E-state index contributed by atoms with van der Waals surface area (Å²) in [6, 6.07) is -0.347. The Morgan fingerprint density at radius 1 is 1.08 bits per heavy atom. The molecule has 1 aliphatic carbocycles. The minimum Gasteiger partial charge on any atom is -0.469 e. The molecule has 2 atom stereocenters. The van der Waals surface area contributed by atoms with Crippen molar-refractivity contribution in [1.82, 2.24) is 4.90 Å². The second kappa shape index (κ2) is 8.47. The predicted octanol–water partition coefficient (Wildman–Crippen LogP) is 1.78. The quantitative estimate of drug-likeness (QED) is 0.593. The molecule has 144 valence electrons. The van der Waals surface area contributed by atoms with Crippen molar-refractivity contribution in [2.24, 2.45) is 11.7 Å². The van der Waals surface area contributed by atoms with Gasteiger partial charge in [0, 0.05) is 6.54 Å². The predicted molar refractivity (Wildman–Crippen MR) is 92.4 cm³/mol. The van der Waals surface area contributed by atoms with Crippen LogP contribution in [-0.4, -0.2) is 54.6 Å². The second-order valence-electron chi connectivity index (χ2n) is 7.95. The summed E-state index contributed by atoms with van der Waals surface area (Å²) in [5, 5.41) is 0. The zero-order valence-corrected chi connectivity index (χ0v) is 15.8. The number of likely N-dealkylation sites (tertiary alicyclic amines) is 1. The zero-order valence-electron chi connectivity index (χ0n) is 15.8. The first-order valence-electron chi connectivity index (χ1n) is 9.18. The van der Waals surface area contributed by atoms with E-state index in [1.165, 1.54) is 7.11 Å². The number of nitrogens with two attached hydrogens (primary N) is 1. The summed E-state index contributed by atoms with van der Waals surface area (Å²) in [6.45, 7) is 6.31. The van der Waals surface area contributed by atoms with Crippen molar-refractivity contribution in [2.75, 3.05) is 13.7 Å². The summed E-state index contributed by atoms with van der Waals surface area (Å²) in [6.07, 6.45) is 4.07. The average Bonchev–Trinajstić information content (AvgIpc) is 3.03. The molecule has 0 bridgehead atoms. The van der Waals surface area contributed by atoms with Gasteiger partial charge in [-0.3, -0.25) is 20.2 Å². The van der Waals surface area contributed by atoms with Gasteiger partial charge < -0.3 is 14.2 Å². The summed E-state index contributed by atoms with van der Waals surface area (Å²) in [7, 11) is 1.42. The lowest BCUT2D eigenvalue weighted by atomic mass is 9.87. The normalized spacial score (nSPS) is 29.2. The molecule has 7 nitrogen and oxygen atoms in total. The van der Waals surface area contributed by atoms with E-state index in [2.05, 4.69) is 0 Å². The summed E-state index contributed by atoms with van der Waals surface area (Å²) in [4.78, 5) is 25.9. The number of carbonyl (C=O) groups excluding carboxylic acids is 2. The van der Waals surface area contributed by atoms with Gasteiger partial charge >= 0.3 is 11.9 Å². The smallest absolute Gasteiger partial charge is 0.323 e. The van der Waals surface area contributed by atoms with E-state index in [-0.39, 0.29) is 30.0 Å². The van der Waals surface area contributed by atoms with Crippen LogP contribution in [-0.2, 0) is 23.8 Å². The molecule has 0 spiro atoms. The fourth-order valence-corrected chi connectivity index (χ4v) is 3.59. The van der Waals surface area contributed by atoms with E-state index in [0.29, 0.717) is 0 Å². The first kappa shape index (κ1) is 20.1. The minimum absolute atomic E-state index is 0.00999. The number of nitrogens with zero attached hydrogens (tertiary/aromatic N) is 1. The van der Waals surface area contributed by atoms with Crippen molar-refractivity contribution >= 4 is 11.9 Å². The molecule has 1 saturated carbocycles. The molecule has 1 aliphatic heterocycles. The summed E-state index contributed by atoms with van der Waals surface area (Å²) >= 11 is 0. The van der Waals surface area contributed by atoms with E-state index in [1.807, 2.05) is 25.7 Å². The lowest BCUT2D eigenvalue weighted by Crippen LogP contribution is -2.52. The highest BCUT2D eigenvalue weighted by Gasteiger charge is 2.38. The third kappa shape index (κ3) is 5.66. The van der Waals surface area contributed by atoms with E-state index in [9.17, 15) is 9.59 Å². The van der Waals surface area contributed by atoms with Crippen molar-refractivity contribution < 1.29 is 23.8 Å². The van der Waals surface area contributed by atoms with Gasteiger partial charge in [-0.15, -0.1) is 0 Å². The number of methoxy groups -OCH3 is 1. The van der Waals surface area contributed by atoms with Crippen LogP contribution in [0.15, 0.2) is 0 Å². The van der Waals surface area contributed by atoms with Crippen LogP contribution < -0.4 is 5.73 Å². The summed E-state index contributed by atoms with van der Waals surface area (Å²) in [5.74, 6) is -0.423. The van der Waals surface area contributed by atoms with Gasteiger partial charge in [-0.1, -0.05) is 0 Å². The summed E-state index contributed by atoms with van der Waals surface area (Å²) in [5.41, 5.74) is 5.72. The van der Waals surface area contributed by atoms with Crippen LogP contribution in [0.1, 0.15) is 59.3 Å². The Hall–Kier alpha value is -1.18. The number of rotatable bonds is 5. The molecule has 0 aromatic heterocycles. The van der Waals surface area contributed by atoms with Gasteiger partial charge in [-0.25, -0.2) is 0 Å². The van der Waals surface area contributed by atoms with Gasteiger partial charge in [0.05, 0.1) is 19.1 Å². The maximum absolute atomic E-state index is 12.4. The zero-order chi connectivity index (χ0) is 18.6. The van der Waals surface area contributed by atoms with Crippen molar-refractivity contribution in [3.05, 3.63) is 0 Å². The number of esters is 2. The molecule has 1 heterocycles. The third-order valence-corrected chi connectivity index (χ3v) is 4.84. The first-order chi connectivity index (χ1) is 11.7. The molecule has 0 unspecified atom stereocenters. The SMILES string of the molecule is COC(=O)C1CCC(O[C@@H](N)N2CCC[C@H]2C(=O)OC(C)(C)C)CC1. The molecule has 25 heavy (non-hydrogen) atoms. The van der Waals surface area contributed by atoms with E-state index >= 15 is 0 Å². The highest BCUT2D eigenvalue weighted by Crippen LogP contribution is 2.29. The van der Waals surface area contributed by atoms with E-state index < -0.39 is 12.0 Å². The number of hydrogen-bond donors (Lipinski definition) is 1. The van der Waals surface area contributed by atoms with Crippen molar-refractivity contribution in [2.45, 2.75) is 83.4 Å². The molecule has 0 amide bonds. The molecule has 0 aromatic rings. The van der Waals surface area contributed by atoms with Crippen LogP contribution in [0.2, 0.25) is 0 Å². The Morgan fingerprint density at radius 3 is 2.28 bits per heavy atom. The summed E-state index contributed by atoms with van der Waals surface area (Å²) < 4.78 is 16.3.